The second kappa shape index (κ2) is 8.59. The van der Waals surface area contributed by atoms with Crippen LogP contribution in [-0.4, -0.2) is 53.8 Å². The van der Waals surface area contributed by atoms with E-state index in [1.165, 1.54) is 0 Å². The van der Waals surface area contributed by atoms with Crippen molar-refractivity contribution in [1.82, 2.24) is 9.80 Å². The second-order valence-corrected chi connectivity index (χ2v) is 8.04. The van der Waals surface area contributed by atoms with Crippen LogP contribution >= 0.6 is 23.2 Å². The molecule has 2 heterocycles. The van der Waals surface area contributed by atoms with Gasteiger partial charge in [-0.1, -0.05) is 23.2 Å². The molecule has 2 fully saturated rings. The topological polar surface area (TPSA) is 52.7 Å². The van der Waals surface area contributed by atoms with Crippen LogP contribution in [0.15, 0.2) is 18.2 Å². The molecule has 0 bridgehead atoms. The highest BCUT2D eigenvalue weighted by Gasteiger charge is 2.32. The molecule has 0 aromatic heterocycles. The maximum Gasteiger partial charge on any atom is 0.241 e. The predicted molar refractivity (Wildman–Crippen MR) is 105 cm³/mol. The van der Waals surface area contributed by atoms with E-state index in [1.54, 1.807) is 18.2 Å². The molecule has 2 saturated heterocycles. The Hall–Kier alpha value is -1.30. The van der Waals surface area contributed by atoms with Crippen LogP contribution < -0.4 is 5.32 Å². The summed E-state index contributed by atoms with van der Waals surface area (Å²) < 4.78 is 0. The summed E-state index contributed by atoms with van der Waals surface area (Å²) in [4.78, 5) is 29.2. The standard InChI is InChI=1S/C19H25Cl2N3O2/c1-13(18(25)22-17-11-15(20)10-16(21)12-17)23-8-4-14(5-9-23)19(26)24-6-2-3-7-24/h10-14H,2-9H2,1H3,(H,22,25)/t13-/m1/s1. The smallest absolute Gasteiger partial charge is 0.241 e. The zero-order chi connectivity index (χ0) is 18.7. The molecule has 2 aliphatic rings. The van der Waals surface area contributed by atoms with E-state index >= 15 is 0 Å². The molecule has 2 aliphatic heterocycles. The van der Waals surface area contributed by atoms with Crippen molar-refractivity contribution in [3.63, 3.8) is 0 Å². The minimum atomic E-state index is -0.268. The number of hydrogen-bond donors (Lipinski definition) is 1. The predicted octanol–water partition coefficient (Wildman–Crippen LogP) is 3.65. The molecule has 3 rings (SSSR count). The normalized spacial score (nSPS) is 20.2. The summed E-state index contributed by atoms with van der Waals surface area (Å²) in [6.07, 6.45) is 3.87. The van der Waals surface area contributed by atoms with E-state index in [2.05, 4.69) is 10.2 Å². The van der Waals surface area contributed by atoms with Gasteiger partial charge in [0.1, 0.15) is 0 Å². The molecule has 142 valence electrons. The molecular weight excluding hydrogens is 373 g/mol. The van der Waals surface area contributed by atoms with Gasteiger partial charge >= 0.3 is 0 Å². The van der Waals surface area contributed by atoms with Crippen molar-refractivity contribution in [2.45, 2.75) is 38.6 Å². The summed E-state index contributed by atoms with van der Waals surface area (Å²) in [5.74, 6) is 0.312. The third kappa shape index (κ3) is 4.70. The number of nitrogens with zero attached hydrogens (tertiary/aromatic N) is 2. The highest BCUT2D eigenvalue weighted by molar-refractivity contribution is 6.35. The molecule has 0 radical (unpaired) electrons. The molecule has 1 aromatic rings. The fraction of sp³-hybridized carbons (Fsp3) is 0.579. The first-order valence-electron chi connectivity index (χ1n) is 9.24. The van der Waals surface area contributed by atoms with Gasteiger partial charge in [-0.2, -0.15) is 0 Å². The lowest BCUT2D eigenvalue weighted by atomic mass is 9.94. The van der Waals surface area contributed by atoms with Crippen molar-refractivity contribution in [3.8, 4) is 0 Å². The van der Waals surface area contributed by atoms with Crippen LogP contribution in [0.5, 0.6) is 0 Å². The lowest BCUT2D eigenvalue weighted by molar-refractivity contribution is -0.136. The van der Waals surface area contributed by atoms with E-state index < -0.39 is 0 Å². The van der Waals surface area contributed by atoms with E-state index in [0.717, 1.165) is 51.9 Å². The molecule has 7 heteroatoms. The minimum Gasteiger partial charge on any atom is -0.342 e. The number of carbonyl (C=O) groups excluding carboxylic acids is 2. The molecule has 26 heavy (non-hydrogen) atoms. The van der Waals surface area contributed by atoms with Gasteiger partial charge < -0.3 is 10.2 Å². The third-order valence-electron chi connectivity index (χ3n) is 5.35. The van der Waals surface area contributed by atoms with Gasteiger partial charge in [0.15, 0.2) is 0 Å². The third-order valence-corrected chi connectivity index (χ3v) is 5.79. The number of anilines is 1. The number of hydrogen-bond acceptors (Lipinski definition) is 3. The highest BCUT2D eigenvalue weighted by Crippen LogP contribution is 2.25. The number of carbonyl (C=O) groups is 2. The van der Waals surface area contributed by atoms with Gasteiger partial charge in [-0.25, -0.2) is 0 Å². The van der Waals surface area contributed by atoms with E-state index in [0.29, 0.717) is 21.6 Å². The average Bonchev–Trinajstić information content (AvgIpc) is 3.14. The molecule has 0 aliphatic carbocycles. The number of piperidine rings is 1. The lowest BCUT2D eigenvalue weighted by Gasteiger charge is -2.36. The second-order valence-electron chi connectivity index (χ2n) is 7.17. The molecule has 5 nitrogen and oxygen atoms in total. The number of likely N-dealkylation sites (tertiary alicyclic amines) is 2. The zero-order valence-electron chi connectivity index (χ0n) is 15.0. The van der Waals surface area contributed by atoms with Crippen LogP contribution in [0.4, 0.5) is 5.69 Å². The minimum absolute atomic E-state index is 0.0901. The Labute approximate surface area is 164 Å². The van der Waals surface area contributed by atoms with Gasteiger partial charge in [-0.05, 0) is 63.9 Å². The highest BCUT2D eigenvalue weighted by atomic mass is 35.5. The molecule has 0 saturated carbocycles. The van der Waals surface area contributed by atoms with Crippen molar-refractivity contribution < 1.29 is 9.59 Å². The van der Waals surface area contributed by atoms with Crippen molar-refractivity contribution in [2.75, 3.05) is 31.5 Å². The van der Waals surface area contributed by atoms with Crippen LogP contribution in [-0.2, 0) is 9.59 Å². The fourth-order valence-electron chi connectivity index (χ4n) is 3.77. The zero-order valence-corrected chi connectivity index (χ0v) is 16.5. The largest absolute Gasteiger partial charge is 0.342 e. The summed E-state index contributed by atoms with van der Waals surface area (Å²) in [5, 5.41) is 3.85. The Morgan fingerprint density at radius 2 is 1.62 bits per heavy atom. The first kappa shape index (κ1) is 19.5. The Morgan fingerprint density at radius 3 is 2.19 bits per heavy atom. The van der Waals surface area contributed by atoms with Gasteiger partial charge in [0.25, 0.3) is 0 Å². The van der Waals surface area contributed by atoms with Gasteiger partial charge in [0.05, 0.1) is 6.04 Å². The summed E-state index contributed by atoms with van der Waals surface area (Å²) >= 11 is 12.0. The van der Waals surface area contributed by atoms with Gasteiger partial charge in [-0.3, -0.25) is 14.5 Å². The number of benzene rings is 1. The van der Waals surface area contributed by atoms with Crippen LogP contribution in [0.25, 0.3) is 0 Å². The summed E-state index contributed by atoms with van der Waals surface area (Å²) in [6.45, 7) is 5.22. The summed E-state index contributed by atoms with van der Waals surface area (Å²) in [5.41, 5.74) is 0.596. The van der Waals surface area contributed by atoms with Gasteiger partial charge in [0, 0.05) is 34.7 Å². The Morgan fingerprint density at radius 1 is 1.04 bits per heavy atom. The maximum atomic E-state index is 12.5. The van der Waals surface area contributed by atoms with E-state index in [-0.39, 0.29) is 17.9 Å². The van der Waals surface area contributed by atoms with Crippen LogP contribution in [0.3, 0.4) is 0 Å². The van der Waals surface area contributed by atoms with Gasteiger partial charge in [-0.15, -0.1) is 0 Å². The lowest BCUT2D eigenvalue weighted by Crippen LogP contribution is -2.48. The Bertz CT molecular complexity index is 648. The molecule has 2 amide bonds. The SMILES string of the molecule is C[C@H](C(=O)Nc1cc(Cl)cc(Cl)c1)N1CCC(C(=O)N2CCCC2)CC1. The summed E-state index contributed by atoms with van der Waals surface area (Å²) in [7, 11) is 0. The van der Waals surface area contributed by atoms with Crippen molar-refractivity contribution in [2.24, 2.45) is 5.92 Å². The molecule has 1 atom stereocenters. The Kier molecular flexibility index (Phi) is 6.43. The molecule has 1 aromatic carbocycles. The number of amides is 2. The molecule has 0 unspecified atom stereocenters. The van der Waals surface area contributed by atoms with Crippen molar-refractivity contribution in [3.05, 3.63) is 28.2 Å². The van der Waals surface area contributed by atoms with E-state index in [4.69, 9.17) is 23.2 Å². The van der Waals surface area contributed by atoms with Gasteiger partial charge in [0.2, 0.25) is 11.8 Å². The van der Waals surface area contributed by atoms with Crippen molar-refractivity contribution in [1.29, 1.82) is 0 Å². The average molecular weight is 398 g/mol. The Balaban J connectivity index is 1.51. The molecular formula is C19H25Cl2N3O2. The quantitative estimate of drug-likeness (QED) is 0.843. The first-order chi connectivity index (χ1) is 12.4. The van der Waals surface area contributed by atoms with E-state index in [9.17, 15) is 9.59 Å². The van der Waals surface area contributed by atoms with Crippen LogP contribution in [0, 0.1) is 5.92 Å². The summed E-state index contributed by atoms with van der Waals surface area (Å²) in [6, 6.07) is 4.72. The number of rotatable bonds is 4. The maximum absolute atomic E-state index is 12.5. The van der Waals surface area contributed by atoms with Crippen LogP contribution in [0.2, 0.25) is 10.0 Å². The number of halogens is 2. The first-order valence-corrected chi connectivity index (χ1v) is 9.99. The monoisotopic (exact) mass is 397 g/mol. The van der Waals surface area contributed by atoms with Crippen molar-refractivity contribution >= 4 is 40.7 Å². The molecule has 1 N–H and O–H groups in total. The fourth-order valence-corrected chi connectivity index (χ4v) is 4.29. The van der Waals surface area contributed by atoms with Crippen LogP contribution in [0.1, 0.15) is 32.6 Å². The number of nitrogens with one attached hydrogen (secondary N) is 1. The van der Waals surface area contributed by atoms with E-state index in [1.807, 2.05) is 11.8 Å². The molecule has 0 spiro atoms.